The van der Waals surface area contributed by atoms with Crippen LogP contribution in [0.3, 0.4) is 0 Å². The summed E-state index contributed by atoms with van der Waals surface area (Å²) in [5.41, 5.74) is 0.479. The molecule has 1 heterocycles. The molecule has 2 aromatic rings. The molecule has 1 aliphatic rings. The Hall–Kier alpha value is -3.03. The number of hydrogen-bond donors (Lipinski definition) is 2. The number of phenolic OH excluding ortho intramolecular Hbond substituents is 1. The fraction of sp³-hybridized carbons (Fsp3) is 0.0952. The van der Waals surface area contributed by atoms with E-state index in [0.29, 0.717) is 16.1 Å². The first-order chi connectivity index (χ1) is 13.9. The van der Waals surface area contributed by atoms with Crippen LogP contribution in [0.25, 0.3) is 6.08 Å². The van der Waals surface area contributed by atoms with Gasteiger partial charge in [0.1, 0.15) is 22.1 Å². The molecule has 0 bridgehead atoms. The molecule has 3 rings (SSSR count). The van der Waals surface area contributed by atoms with Gasteiger partial charge < -0.3 is 14.9 Å². The SMILES string of the molecule is CCOC(=O)C1=C(O)/C(=C/c2cc(Cl)ccc2O)SC1=NC(=O)c1ccccc1. The third kappa shape index (κ3) is 4.70. The maximum atomic E-state index is 12.5. The van der Waals surface area contributed by atoms with E-state index < -0.39 is 11.9 Å². The van der Waals surface area contributed by atoms with Gasteiger partial charge in [0.15, 0.2) is 0 Å². The van der Waals surface area contributed by atoms with Crippen LogP contribution >= 0.6 is 23.4 Å². The van der Waals surface area contributed by atoms with Gasteiger partial charge in [0.2, 0.25) is 0 Å². The van der Waals surface area contributed by atoms with Gasteiger partial charge in [0.05, 0.1) is 11.5 Å². The van der Waals surface area contributed by atoms with E-state index in [4.69, 9.17) is 16.3 Å². The maximum absolute atomic E-state index is 12.5. The van der Waals surface area contributed by atoms with Crippen molar-refractivity contribution >= 4 is 46.4 Å². The molecule has 2 N–H and O–H groups in total. The minimum Gasteiger partial charge on any atom is -0.507 e. The molecule has 0 aromatic heterocycles. The zero-order chi connectivity index (χ0) is 21.0. The number of ether oxygens (including phenoxy) is 1. The van der Waals surface area contributed by atoms with E-state index >= 15 is 0 Å². The zero-order valence-electron chi connectivity index (χ0n) is 15.3. The number of thioether (sulfide) groups is 1. The molecule has 0 radical (unpaired) electrons. The van der Waals surface area contributed by atoms with E-state index in [-0.39, 0.29) is 33.6 Å². The van der Waals surface area contributed by atoms with E-state index in [9.17, 15) is 19.8 Å². The number of amides is 1. The summed E-state index contributed by atoms with van der Waals surface area (Å²) in [6, 6.07) is 12.8. The first-order valence-electron chi connectivity index (χ1n) is 8.58. The number of carbonyl (C=O) groups is 2. The minimum absolute atomic E-state index is 0.0163. The Morgan fingerprint density at radius 2 is 1.90 bits per heavy atom. The number of esters is 1. The Balaban J connectivity index is 2.05. The fourth-order valence-electron chi connectivity index (χ4n) is 2.51. The van der Waals surface area contributed by atoms with Gasteiger partial charge in [0, 0.05) is 16.1 Å². The molecule has 0 saturated carbocycles. The fourth-order valence-corrected chi connectivity index (χ4v) is 3.70. The number of carbonyl (C=O) groups excluding carboxylic acids is 2. The summed E-state index contributed by atoms with van der Waals surface area (Å²) >= 11 is 6.88. The zero-order valence-corrected chi connectivity index (χ0v) is 16.8. The standard InChI is InChI=1S/C21H16ClNO5S/c1-2-28-21(27)17-18(25)16(11-13-10-14(22)8-9-15(13)24)29-20(17)23-19(26)12-6-4-3-5-7-12/h3-11,24-25H,2H2,1H3/b16-11-,23-20?. The monoisotopic (exact) mass is 429 g/mol. The van der Waals surface area contributed by atoms with Crippen molar-refractivity contribution in [3.63, 3.8) is 0 Å². The number of rotatable bonds is 4. The van der Waals surface area contributed by atoms with Gasteiger partial charge in [0.25, 0.3) is 5.91 Å². The molecule has 148 valence electrons. The lowest BCUT2D eigenvalue weighted by molar-refractivity contribution is -0.138. The largest absolute Gasteiger partial charge is 0.507 e. The molecular weight excluding hydrogens is 414 g/mol. The molecule has 2 aromatic carbocycles. The number of aliphatic hydroxyl groups is 1. The van der Waals surface area contributed by atoms with E-state index in [2.05, 4.69) is 4.99 Å². The molecule has 6 nitrogen and oxygen atoms in total. The van der Waals surface area contributed by atoms with Crippen molar-refractivity contribution in [3.05, 3.63) is 80.9 Å². The molecule has 0 saturated heterocycles. The summed E-state index contributed by atoms with van der Waals surface area (Å²) in [7, 11) is 0. The van der Waals surface area contributed by atoms with Crippen LogP contribution in [0.5, 0.6) is 5.75 Å². The topological polar surface area (TPSA) is 96.2 Å². The first-order valence-corrected chi connectivity index (χ1v) is 9.77. The van der Waals surface area contributed by atoms with Crippen LogP contribution in [0.15, 0.2) is 69.8 Å². The van der Waals surface area contributed by atoms with Crippen molar-refractivity contribution in [2.45, 2.75) is 6.92 Å². The smallest absolute Gasteiger partial charge is 0.344 e. The summed E-state index contributed by atoms with van der Waals surface area (Å²) in [5.74, 6) is -1.79. The highest BCUT2D eigenvalue weighted by molar-refractivity contribution is 8.18. The number of phenols is 1. The first kappa shape index (κ1) is 20.7. The van der Waals surface area contributed by atoms with E-state index in [1.54, 1.807) is 37.3 Å². The summed E-state index contributed by atoms with van der Waals surface area (Å²) in [6.45, 7) is 1.72. The number of aromatic hydroxyl groups is 1. The Bertz CT molecular complexity index is 1060. The average molecular weight is 430 g/mol. The van der Waals surface area contributed by atoms with Crippen molar-refractivity contribution in [3.8, 4) is 5.75 Å². The second-order valence-electron chi connectivity index (χ2n) is 5.85. The highest BCUT2D eigenvalue weighted by atomic mass is 35.5. The summed E-state index contributed by atoms with van der Waals surface area (Å²) in [5, 5.41) is 21.0. The van der Waals surface area contributed by atoms with Crippen LogP contribution in [-0.4, -0.2) is 33.7 Å². The summed E-state index contributed by atoms with van der Waals surface area (Å²) < 4.78 is 5.00. The van der Waals surface area contributed by atoms with Crippen LogP contribution in [0, 0.1) is 0 Å². The van der Waals surface area contributed by atoms with Gasteiger partial charge in [-0.15, -0.1) is 0 Å². The molecule has 0 aliphatic carbocycles. The van der Waals surface area contributed by atoms with Gasteiger partial charge in [-0.25, -0.2) is 9.79 Å². The molecular formula is C21H16ClNO5S. The Morgan fingerprint density at radius 1 is 1.17 bits per heavy atom. The quantitative estimate of drug-likeness (QED) is 0.681. The number of hydrogen-bond acceptors (Lipinski definition) is 6. The highest BCUT2D eigenvalue weighted by Crippen LogP contribution is 2.40. The molecule has 1 aliphatic heterocycles. The number of halogens is 1. The van der Waals surface area contributed by atoms with Crippen LogP contribution in [0.4, 0.5) is 0 Å². The molecule has 0 spiro atoms. The van der Waals surface area contributed by atoms with Gasteiger partial charge in [-0.05, 0) is 43.3 Å². The molecule has 8 heteroatoms. The van der Waals surface area contributed by atoms with Crippen molar-refractivity contribution in [2.75, 3.05) is 6.61 Å². The number of aliphatic hydroxyl groups excluding tert-OH is 1. The van der Waals surface area contributed by atoms with Gasteiger partial charge in [-0.2, -0.15) is 0 Å². The van der Waals surface area contributed by atoms with E-state index in [1.807, 2.05) is 0 Å². The van der Waals surface area contributed by atoms with Crippen LogP contribution < -0.4 is 0 Å². The van der Waals surface area contributed by atoms with Gasteiger partial charge in [-0.1, -0.05) is 41.6 Å². The lowest BCUT2D eigenvalue weighted by Crippen LogP contribution is -2.14. The van der Waals surface area contributed by atoms with Gasteiger partial charge in [-0.3, -0.25) is 4.79 Å². The van der Waals surface area contributed by atoms with Gasteiger partial charge >= 0.3 is 5.97 Å². The normalized spacial score (nSPS) is 16.5. The van der Waals surface area contributed by atoms with E-state index in [0.717, 1.165) is 11.8 Å². The third-order valence-corrected chi connectivity index (χ3v) is 5.13. The van der Waals surface area contributed by atoms with Crippen molar-refractivity contribution in [1.82, 2.24) is 0 Å². The van der Waals surface area contributed by atoms with Crippen LogP contribution in [-0.2, 0) is 9.53 Å². The lowest BCUT2D eigenvalue weighted by Gasteiger charge is -2.03. The average Bonchev–Trinajstić information content (AvgIpc) is 3.00. The Kier molecular flexibility index (Phi) is 6.41. The van der Waals surface area contributed by atoms with Crippen molar-refractivity contribution in [1.29, 1.82) is 0 Å². The summed E-state index contributed by atoms with van der Waals surface area (Å²) in [6.07, 6.45) is 1.45. The second-order valence-corrected chi connectivity index (χ2v) is 7.31. The lowest BCUT2D eigenvalue weighted by atomic mass is 10.1. The Morgan fingerprint density at radius 3 is 2.59 bits per heavy atom. The predicted molar refractivity (Wildman–Crippen MR) is 113 cm³/mol. The third-order valence-electron chi connectivity index (χ3n) is 3.87. The molecule has 0 atom stereocenters. The maximum Gasteiger partial charge on any atom is 0.344 e. The second kappa shape index (κ2) is 8.98. The molecule has 1 amide bonds. The van der Waals surface area contributed by atoms with Crippen LogP contribution in [0.1, 0.15) is 22.8 Å². The molecule has 0 fully saturated rings. The predicted octanol–water partition coefficient (Wildman–Crippen LogP) is 4.75. The molecule has 29 heavy (non-hydrogen) atoms. The molecule has 0 unspecified atom stereocenters. The van der Waals surface area contributed by atoms with Crippen LogP contribution in [0.2, 0.25) is 5.02 Å². The van der Waals surface area contributed by atoms with Crippen molar-refractivity contribution < 1.29 is 24.5 Å². The highest BCUT2D eigenvalue weighted by Gasteiger charge is 2.34. The number of aliphatic imine (C=N–C) groups is 1. The number of benzene rings is 2. The Labute approximate surface area is 176 Å². The van der Waals surface area contributed by atoms with Crippen molar-refractivity contribution in [2.24, 2.45) is 4.99 Å². The van der Waals surface area contributed by atoms with E-state index in [1.165, 1.54) is 24.3 Å². The minimum atomic E-state index is -0.796. The number of nitrogens with zero attached hydrogens (tertiary/aromatic N) is 1. The summed E-state index contributed by atoms with van der Waals surface area (Å²) in [4.78, 5) is 29.1.